The number of ketones is 1. The number of benzene rings is 1. The van der Waals surface area contributed by atoms with Gasteiger partial charge in [-0.3, -0.25) is 4.79 Å². The SMILES string of the molecule is CSc1nc2n(n1)[C@@H](c1ccc(F)cc1)C1=C(C[C@@H](c3ccco3)CC1=O)N2. The lowest BCUT2D eigenvalue weighted by atomic mass is 9.79. The molecule has 0 radical (unpaired) electrons. The normalized spacial score (nSPS) is 21.3. The molecule has 8 heteroatoms. The summed E-state index contributed by atoms with van der Waals surface area (Å²) in [4.78, 5) is 17.7. The van der Waals surface area contributed by atoms with Crippen LogP contribution in [0, 0.1) is 5.82 Å². The third-order valence-corrected chi connectivity index (χ3v) is 5.75. The summed E-state index contributed by atoms with van der Waals surface area (Å²) in [6.45, 7) is 0. The van der Waals surface area contributed by atoms with Gasteiger partial charge in [0.15, 0.2) is 5.78 Å². The quantitative estimate of drug-likeness (QED) is 0.671. The summed E-state index contributed by atoms with van der Waals surface area (Å²) >= 11 is 1.43. The van der Waals surface area contributed by atoms with E-state index in [0.717, 1.165) is 17.0 Å². The first-order chi connectivity index (χ1) is 13.6. The van der Waals surface area contributed by atoms with Gasteiger partial charge in [-0.2, -0.15) is 4.98 Å². The van der Waals surface area contributed by atoms with Crippen molar-refractivity contribution in [3.8, 4) is 0 Å². The topological polar surface area (TPSA) is 73.0 Å². The number of hydrogen-bond donors (Lipinski definition) is 1. The Morgan fingerprint density at radius 3 is 2.79 bits per heavy atom. The molecular formula is C20H17FN4O2S. The number of rotatable bonds is 3. The van der Waals surface area contributed by atoms with Crippen molar-refractivity contribution in [3.05, 3.63) is 71.1 Å². The van der Waals surface area contributed by atoms with E-state index in [9.17, 15) is 9.18 Å². The minimum atomic E-state index is -0.426. The maximum absolute atomic E-state index is 13.5. The number of carbonyl (C=O) groups excluding carboxylic acids is 1. The molecule has 0 saturated carbocycles. The van der Waals surface area contributed by atoms with E-state index in [4.69, 9.17) is 4.42 Å². The van der Waals surface area contributed by atoms with Crippen molar-refractivity contribution in [2.45, 2.75) is 30.0 Å². The van der Waals surface area contributed by atoms with E-state index in [1.54, 1.807) is 23.1 Å². The Morgan fingerprint density at radius 2 is 2.07 bits per heavy atom. The molecule has 2 aromatic heterocycles. The molecule has 2 aliphatic rings. The Labute approximate surface area is 164 Å². The summed E-state index contributed by atoms with van der Waals surface area (Å²) in [6, 6.07) is 9.52. The highest BCUT2D eigenvalue weighted by molar-refractivity contribution is 7.98. The molecule has 1 N–H and O–H groups in total. The van der Waals surface area contributed by atoms with E-state index < -0.39 is 6.04 Å². The van der Waals surface area contributed by atoms with Crippen LogP contribution in [0.4, 0.5) is 10.3 Å². The molecule has 1 aliphatic carbocycles. The van der Waals surface area contributed by atoms with Gasteiger partial charge in [0.1, 0.15) is 17.6 Å². The van der Waals surface area contributed by atoms with Gasteiger partial charge in [0.2, 0.25) is 11.1 Å². The molecule has 0 fully saturated rings. The van der Waals surface area contributed by atoms with Crippen molar-refractivity contribution < 1.29 is 13.6 Å². The van der Waals surface area contributed by atoms with Crippen LogP contribution < -0.4 is 5.32 Å². The Hall–Kier alpha value is -2.87. The Kier molecular flexibility index (Phi) is 4.08. The Bertz CT molecular complexity index is 1070. The lowest BCUT2D eigenvalue weighted by Crippen LogP contribution is -2.33. The molecule has 142 valence electrons. The molecule has 0 saturated heterocycles. The fourth-order valence-corrected chi connectivity index (χ4v) is 4.30. The summed E-state index contributed by atoms with van der Waals surface area (Å²) in [6.07, 6.45) is 4.54. The fraction of sp³-hybridized carbons (Fsp3) is 0.250. The molecule has 2 atom stereocenters. The fourth-order valence-electron chi connectivity index (χ4n) is 3.96. The largest absolute Gasteiger partial charge is 0.469 e. The number of allylic oxidation sites excluding steroid dienone is 2. The van der Waals surface area contributed by atoms with E-state index in [0.29, 0.717) is 29.5 Å². The number of aromatic nitrogens is 3. The van der Waals surface area contributed by atoms with Crippen LogP contribution in [0.3, 0.4) is 0 Å². The second-order valence-electron chi connectivity index (χ2n) is 6.88. The molecule has 1 aliphatic heterocycles. The zero-order chi connectivity index (χ0) is 19.3. The van der Waals surface area contributed by atoms with Crippen LogP contribution in [0.5, 0.6) is 0 Å². The van der Waals surface area contributed by atoms with Gasteiger partial charge in [-0.15, -0.1) is 5.10 Å². The van der Waals surface area contributed by atoms with E-state index in [1.807, 2.05) is 18.4 Å². The first-order valence-electron chi connectivity index (χ1n) is 8.96. The minimum absolute atomic E-state index is 0.0166. The van der Waals surface area contributed by atoms with Crippen molar-refractivity contribution in [2.24, 2.45) is 0 Å². The maximum Gasteiger partial charge on any atom is 0.227 e. The monoisotopic (exact) mass is 396 g/mol. The molecule has 3 aromatic rings. The highest BCUT2D eigenvalue weighted by Gasteiger charge is 2.40. The molecule has 6 nitrogen and oxygen atoms in total. The highest BCUT2D eigenvalue weighted by Crippen LogP contribution is 2.44. The van der Waals surface area contributed by atoms with E-state index in [1.165, 1.54) is 23.9 Å². The summed E-state index contributed by atoms with van der Waals surface area (Å²) in [5, 5.41) is 8.47. The number of Topliss-reactive ketones (excluding diaryl/α,β-unsaturated/α-hetero) is 1. The predicted molar refractivity (Wildman–Crippen MR) is 103 cm³/mol. The van der Waals surface area contributed by atoms with Gasteiger partial charge in [-0.05, 0) is 42.5 Å². The van der Waals surface area contributed by atoms with Crippen LogP contribution in [0.2, 0.25) is 0 Å². The molecule has 1 aromatic carbocycles. The number of nitrogens with one attached hydrogen (secondary N) is 1. The zero-order valence-electron chi connectivity index (χ0n) is 15.1. The molecule has 0 unspecified atom stereocenters. The number of thioether (sulfide) groups is 1. The van der Waals surface area contributed by atoms with Crippen LogP contribution >= 0.6 is 11.8 Å². The molecule has 0 amide bonds. The third-order valence-electron chi connectivity index (χ3n) is 5.21. The molecule has 0 bridgehead atoms. The van der Waals surface area contributed by atoms with Crippen LogP contribution in [-0.4, -0.2) is 26.8 Å². The predicted octanol–water partition coefficient (Wildman–Crippen LogP) is 4.15. The molecule has 28 heavy (non-hydrogen) atoms. The zero-order valence-corrected chi connectivity index (χ0v) is 15.9. The number of fused-ring (bicyclic) bond motifs is 1. The van der Waals surface area contributed by atoms with Crippen molar-refractivity contribution in [3.63, 3.8) is 0 Å². The molecule has 5 rings (SSSR count). The van der Waals surface area contributed by atoms with Gasteiger partial charge in [-0.1, -0.05) is 23.9 Å². The standard InChI is InChI=1S/C20H17FN4O2S/c1-28-20-23-19-22-14-9-12(16-3-2-8-27-16)10-15(26)17(14)18(25(19)24-20)11-4-6-13(21)7-5-11/h2-8,12,18H,9-10H2,1H3,(H,22,23,24)/t12-,18+/m1/s1. The van der Waals surface area contributed by atoms with Crippen LogP contribution in [0.1, 0.15) is 36.1 Å². The van der Waals surface area contributed by atoms with Crippen molar-refractivity contribution >= 4 is 23.5 Å². The number of carbonyl (C=O) groups is 1. The highest BCUT2D eigenvalue weighted by atomic mass is 32.2. The van der Waals surface area contributed by atoms with Gasteiger partial charge >= 0.3 is 0 Å². The number of anilines is 1. The number of hydrogen-bond acceptors (Lipinski definition) is 6. The van der Waals surface area contributed by atoms with Gasteiger partial charge in [-0.25, -0.2) is 9.07 Å². The third kappa shape index (κ3) is 2.75. The van der Waals surface area contributed by atoms with Crippen LogP contribution in [-0.2, 0) is 4.79 Å². The van der Waals surface area contributed by atoms with Crippen molar-refractivity contribution in [1.29, 1.82) is 0 Å². The van der Waals surface area contributed by atoms with Gasteiger partial charge < -0.3 is 9.73 Å². The molecule has 0 spiro atoms. The summed E-state index contributed by atoms with van der Waals surface area (Å²) in [7, 11) is 0. The average molecular weight is 396 g/mol. The second-order valence-corrected chi connectivity index (χ2v) is 7.66. The molecular weight excluding hydrogens is 379 g/mol. The van der Waals surface area contributed by atoms with Crippen LogP contribution in [0.25, 0.3) is 0 Å². The lowest BCUT2D eigenvalue weighted by molar-refractivity contribution is -0.117. The van der Waals surface area contributed by atoms with Crippen molar-refractivity contribution in [2.75, 3.05) is 11.6 Å². The molecule has 3 heterocycles. The summed E-state index contributed by atoms with van der Waals surface area (Å²) in [5.74, 6) is 1.10. The Morgan fingerprint density at radius 1 is 1.25 bits per heavy atom. The maximum atomic E-state index is 13.5. The van der Waals surface area contributed by atoms with E-state index >= 15 is 0 Å². The van der Waals surface area contributed by atoms with Gasteiger partial charge in [0, 0.05) is 23.6 Å². The first-order valence-corrected chi connectivity index (χ1v) is 10.2. The van der Waals surface area contributed by atoms with Crippen molar-refractivity contribution in [1.82, 2.24) is 14.8 Å². The van der Waals surface area contributed by atoms with E-state index in [2.05, 4.69) is 15.4 Å². The van der Waals surface area contributed by atoms with E-state index in [-0.39, 0.29) is 17.5 Å². The average Bonchev–Trinajstić information content (AvgIpc) is 3.36. The number of nitrogens with zero attached hydrogens (tertiary/aromatic N) is 3. The smallest absolute Gasteiger partial charge is 0.227 e. The Balaban J connectivity index is 1.63. The number of halogens is 1. The van der Waals surface area contributed by atoms with Crippen LogP contribution in [0.15, 0.2) is 63.5 Å². The van der Waals surface area contributed by atoms with Gasteiger partial charge in [0.05, 0.1) is 6.26 Å². The van der Waals surface area contributed by atoms with Gasteiger partial charge in [0.25, 0.3) is 0 Å². The lowest BCUT2D eigenvalue weighted by Gasteiger charge is -2.34. The number of furan rings is 1. The second kappa shape index (κ2) is 6.63. The minimum Gasteiger partial charge on any atom is -0.469 e. The summed E-state index contributed by atoms with van der Waals surface area (Å²) < 4.78 is 20.7. The first kappa shape index (κ1) is 17.2. The summed E-state index contributed by atoms with van der Waals surface area (Å²) in [5.41, 5.74) is 2.30.